The van der Waals surface area contributed by atoms with E-state index in [1.165, 1.54) is 5.56 Å². The van der Waals surface area contributed by atoms with Crippen LogP contribution in [0.1, 0.15) is 18.1 Å². The topological polar surface area (TPSA) is 21.3 Å². The lowest BCUT2D eigenvalue weighted by Crippen LogP contribution is -2.11. The number of hydrogen-bond acceptors (Lipinski definition) is 2. The van der Waals surface area contributed by atoms with Crippen LogP contribution in [0.2, 0.25) is 0 Å². The first-order valence-electron chi connectivity index (χ1n) is 6.42. The van der Waals surface area contributed by atoms with Crippen molar-refractivity contribution in [2.75, 3.05) is 6.54 Å². The van der Waals surface area contributed by atoms with E-state index in [4.69, 9.17) is 4.74 Å². The Morgan fingerprint density at radius 3 is 2.74 bits per heavy atom. The van der Waals surface area contributed by atoms with E-state index in [2.05, 4.69) is 46.4 Å². The zero-order valence-electron chi connectivity index (χ0n) is 11.2. The van der Waals surface area contributed by atoms with Gasteiger partial charge in [0.15, 0.2) is 0 Å². The normalized spacial score (nSPS) is 10.5. The fourth-order valence-corrected chi connectivity index (χ4v) is 2.32. The maximum absolute atomic E-state index is 5.94. The number of halogens is 1. The molecule has 2 nitrogen and oxygen atoms in total. The quantitative estimate of drug-likeness (QED) is 0.865. The van der Waals surface area contributed by atoms with Crippen LogP contribution in [0, 0.1) is 6.92 Å². The molecule has 3 heteroatoms. The van der Waals surface area contributed by atoms with E-state index in [1.807, 2.05) is 31.2 Å². The van der Waals surface area contributed by atoms with Crippen molar-refractivity contribution in [3.63, 3.8) is 0 Å². The van der Waals surface area contributed by atoms with E-state index < -0.39 is 0 Å². The smallest absolute Gasteiger partial charge is 0.130 e. The van der Waals surface area contributed by atoms with E-state index in [0.29, 0.717) is 0 Å². The summed E-state index contributed by atoms with van der Waals surface area (Å²) in [7, 11) is 0. The molecule has 0 aliphatic heterocycles. The van der Waals surface area contributed by atoms with Crippen molar-refractivity contribution in [3.05, 3.63) is 58.1 Å². The number of ether oxygens (including phenoxy) is 1. The zero-order chi connectivity index (χ0) is 13.7. The molecule has 0 fully saturated rings. The Kier molecular flexibility index (Phi) is 5.00. The van der Waals surface area contributed by atoms with E-state index in [1.54, 1.807) is 0 Å². The first kappa shape index (κ1) is 14.1. The molecule has 19 heavy (non-hydrogen) atoms. The highest BCUT2D eigenvalue weighted by molar-refractivity contribution is 9.10. The van der Waals surface area contributed by atoms with Gasteiger partial charge in [0.1, 0.15) is 11.5 Å². The molecule has 0 atom stereocenters. The van der Waals surface area contributed by atoms with Gasteiger partial charge in [-0.2, -0.15) is 0 Å². The van der Waals surface area contributed by atoms with E-state index in [0.717, 1.165) is 34.6 Å². The summed E-state index contributed by atoms with van der Waals surface area (Å²) in [5.41, 5.74) is 2.35. The van der Waals surface area contributed by atoms with Crippen molar-refractivity contribution in [1.82, 2.24) is 5.32 Å². The molecule has 0 bridgehead atoms. The van der Waals surface area contributed by atoms with Gasteiger partial charge in [0, 0.05) is 11.0 Å². The van der Waals surface area contributed by atoms with Crippen molar-refractivity contribution in [2.45, 2.75) is 20.4 Å². The largest absolute Gasteiger partial charge is 0.457 e. The maximum atomic E-state index is 5.94. The molecule has 0 aromatic heterocycles. The summed E-state index contributed by atoms with van der Waals surface area (Å²) in [5, 5.41) is 3.31. The predicted molar refractivity (Wildman–Crippen MR) is 82.8 cm³/mol. The lowest BCUT2D eigenvalue weighted by molar-refractivity contribution is 0.477. The van der Waals surface area contributed by atoms with Crippen LogP contribution in [-0.2, 0) is 6.54 Å². The minimum absolute atomic E-state index is 0.868. The van der Waals surface area contributed by atoms with Gasteiger partial charge in [-0.1, -0.05) is 35.0 Å². The molecule has 2 aromatic carbocycles. The van der Waals surface area contributed by atoms with Crippen molar-refractivity contribution < 1.29 is 4.74 Å². The number of nitrogens with one attached hydrogen (secondary N) is 1. The summed E-state index contributed by atoms with van der Waals surface area (Å²) in [5.74, 6) is 1.77. The highest BCUT2D eigenvalue weighted by Crippen LogP contribution is 2.27. The molecule has 0 saturated heterocycles. The van der Waals surface area contributed by atoms with Gasteiger partial charge in [0.05, 0.1) is 0 Å². The molecule has 0 aliphatic carbocycles. The lowest BCUT2D eigenvalue weighted by atomic mass is 10.2. The van der Waals surface area contributed by atoms with Gasteiger partial charge in [0.2, 0.25) is 0 Å². The van der Waals surface area contributed by atoms with Gasteiger partial charge in [-0.25, -0.2) is 0 Å². The molecule has 100 valence electrons. The predicted octanol–water partition coefficient (Wildman–Crippen LogP) is 4.66. The third-order valence-corrected chi connectivity index (χ3v) is 3.34. The third-order valence-electron chi connectivity index (χ3n) is 2.84. The Morgan fingerprint density at radius 2 is 2.00 bits per heavy atom. The number of benzene rings is 2. The number of aryl methyl sites for hydroxylation is 1. The molecular formula is C16H18BrNO. The molecule has 0 amide bonds. The van der Waals surface area contributed by atoms with E-state index >= 15 is 0 Å². The van der Waals surface area contributed by atoms with Crippen LogP contribution in [0.15, 0.2) is 46.9 Å². The average Bonchev–Trinajstić information content (AvgIpc) is 2.40. The Hall–Kier alpha value is -1.32. The van der Waals surface area contributed by atoms with E-state index in [9.17, 15) is 0 Å². The molecule has 0 saturated carbocycles. The van der Waals surface area contributed by atoms with Crippen LogP contribution in [0.4, 0.5) is 0 Å². The molecule has 0 unspecified atom stereocenters. The monoisotopic (exact) mass is 319 g/mol. The number of hydrogen-bond donors (Lipinski definition) is 1. The van der Waals surface area contributed by atoms with Gasteiger partial charge < -0.3 is 10.1 Å². The standard InChI is InChI=1S/C16H18BrNO/c1-3-18-11-13-5-4-6-15(10-13)19-16-8-7-14(17)9-12(16)2/h4-10,18H,3,11H2,1-2H3. The molecule has 2 aromatic rings. The van der Waals surface area contributed by atoms with Crippen molar-refractivity contribution in [3.8, 4) is 11.5 Å². The molecule has 2 rings (SSSR count). The minimum Gasteiger partial charge on any atom is -0.457 e. The summed E-state index contributed by atoms with van der Waals surface area (Å²) in [6, 6.07) is 14.2. The molecule has 0 aliphatic rings. The Balaban J connectivity index is 2.14. The first-order valence-corrected chi connectivity index (χ1v) is 7.22. The highest BCUT2D eigenvalue weighted by atomic mass is 79.9. The Morgan fingerprint density at radius 1 is 1.16 bits per heavy atom. The lowest BCUT2D eigenvalue weighted by Gasteiger charge is -2.10. The summed E-state index contributed by atoms with van der Waals surface area (Å²) < 4.78 is 7.00. The average molecular weight is 320 g/mol. The van der Waals surface area contributed by atoms with Crippen molar-refractivity contribution in [2.24, 2.45) is 0 Å². The second-order valence-electron chi connectivity index (χ2n) is 4.44. The second kappa shape index (κ2) is 6.73. The van der Waals surface area contributed by atoms with Crippen LogP contribution < -0.4 is 10.1 Å². The zero-order valence-corrected chi connectivity index (χ0v) is 12.8. The SMILES string of the molecule is CCNCc1cccc(Oc2ccc(Br)cc2C)c1. The number of rotatable bonds is 5. The van der Waals surface area contributed by atoms with Crippen molar-refractivity contribution >= 4 is 15.9 Å². The third kappa shape index (κ3) is 4.08. The Labute approximate surface area is 122 Å². The Bertz CT molecular complexity index is 554. The van der Waals surface area contributed by atoms with Crippen LogP contribution >= 0.6 is 15.9 Å². The van der Waals surface area contributed by atoms with Gasteiger partial charge in [-0.05, 0) is 54.9 Å². The first-order chi connectivity index (χ1) is 9.19. The summed E-state index contributed by atoms with van der Waals surface area (Å²) >= 11 is 3.46. The van der Waals surface area contributed by atoms with Crippen molar-refractivity contribution in [1.29, 1.82) is 0 Å². The van der Waals surface area contributed by atoms with Crippen LogP contribution in [0.3, 0.4) is 0 Å². The molecule has 0 radical (unpaired) electrons. The summed E-state index contributed by atoms with van der Waals surface area (Å²) in [6.45, 7) is 5.98. The molecule has 0 heterocycles. The second-order valence-corrected chi connectivity index (χ2v) is 5.36. The molecular weight excluding hydrogens is 302 g/mol. The minimum atomic E-state index is 0.868. The molecule has 1 N–H and O–H groups in total. The fraction of sp³-hybridized carbons (Fsp3) is 0.250. The van der Waals surface area contributed by atoms with Gasteiger partial charge in [0.25, 0.3) is 0 Å². The van der Waals surface area contributed by atoms with Gasteiger partial charge in [-0.3, -0.25) is 0 Å². The fourth-order valence-electron chi connectivity index (χ4n) is 1.84. The van der Waals surface area contributed by atoms with Gasteiger partial charge >= 0.3 is 0 Å². The summed E-state index contributed by atoms with van der Waals surface area (Å²) in [4.78, 5) is 0. The van der Waals surface area contributed by atoms with Crippen LogP contribution in [0.25, 0.3) is 0 Å². The highest BCUT2D eigenvalue weighted by Gasteiger charge is 2.03. The maximum Gasteiger partial charge on any atom is 0.130 e. The van der Waals surface area contributed by atoms with Crippen LogP contribution in [-0.4, -0.2) is 6.54 Å². The van der Waals surface area contributed by atoms with E-state index in [-0.39, 0.29) is 0 Å². The summed E-state index contributed by atoms with van der Waals surface area (Å²) in [6.07, 6.45) is 0. The van der Waals surface area contributed by atoms with Gasteiger partial charge in [-0.15, -0.1) is 0 Å². The molecule has 0 spiro atoms. The van der Waals surface area contributed by atoms with Crippen LogP contribution in [0.5, 0.6) is 11.5 Å².